The summed E-state index contributed by atoms with van der Waals surface area (Å²) in [7, 11) is 0. The smallest absolute Gasteiger partial charge is 0.263 e. The Labute approximate surface area is 135 Å². The van der Waals surface area contributed by atoms with Gasteiger partial charge in [-0.25, -0.2) is 4.98 Å². The number of nitrogens with two attached hydrogens (primary N) is 1. The van der Waals surface area contributed by atoms with Gasteiger partial charge in [0.25, 0.3) is 5.91 Å². The molecule has 2 rings (SSSR count). The summed E-state index contributed by atoms with van der Waals surface area (Å²) in [5.74, 6) is -0.0660. The highest BCUT2D eigenvalue weighted by Gasteiger charge is 2.18. The third kappa shape index (κ3) is 4.15. The third-order valence-corrected chi connectivity index (χ3v) is 4.75. The lowest BCUT2D eigenvalue weighted by Gasteiger charge is -2.15. The molecule has 0 aliphatic heterocycles. The number of aromatic nitrogens is 1. The van der Waals surface area contributed by atoms with E-state index in [9.17, 15) is 4.79 Å². The van der Waals surface area contributed by atoms with Gasteiger partial charge >= 0.3 is 0 Å². The van der Waals surface area contributed by atoms with Gasteiger partial charge in [0.2, 0.25) is 0 Å². The van der Waals surface area contributed by atoms with Gasteiger partial charge in [-0.15, -0.1) is 11.3 Å². The van der Waals surface area contributed by atoms with Crippen molar-refractivity contribution in [2.45, 2.75) is 39.2 Å². The van der Waals surface area contributed by atoms with Crippen molar-refractivity contribution in [1.82, 2.24) is 10.3 Å². The summed E-state index contributed by atoms with van der Waals surface area (Å²) >= 11 is 1.43. The molecule has 0 fully saturated rings. The summed E-state index contributed by atoms with van der Waals surface area (Å²) in [6, 6.07) is 9.96. The molecule has 0 spiro atoms. The van der Waals surface area contributed by atoms with Crippen LogP contribution in [0.1, 0.15) is 41.6 Å². The molecule has 0 radical (unpaired) electrons. The molecule has 22 heavy (non-hydrogen) atoms. The highest BCUT2D eigenvalue weighted by Crippen LogP contribution is 2.27. The quantitative estimate of drug-likeness (QED) is 0.822. The first-order valence-electron chi connectivity index (χ1n) is 7.69. The predicted molar refractivity (Wildman–Crippen MR) is 92.1 cm³/mol. The first kappa shape index (κ1) is 16.6. The number of amides is 1. The average Bonchev–Trinajstić information content (AvgIpc) is 2.94. The molecule has 1 aromatic carbocycles. The van der Waals surface area contributed by atoms with Gasteiger partial charge in [0, 0.05) is 18.2 Å². The highest BCUT2D eigenvalue weighted by molar-refractivity contribution is 7.17. The molecule has 1 aromatic heterocycles. The van der Waals surface area contributed by atoms with Crippen molar-refractivity contribution >= 4 is 17.2 Å². The Balaban J connectivity index is 2.12. The lowest BCUT2D eigenvalue weighted by Crippen LogP contribution is -2.40. The van der Waals surface area contributed by atoms with Gasteiger partial charge in [-0.2, -0.15) is 0 Å². The zero-order valence-electron chi connectivity index (χ0n) is 13.1. The molecule has 1 heterocycles. The minimum atomic E-state index is -0.0660. The maximum absolute atomic E-state index is 12.4. The number of hydrogen-bond donors (Lipinski definition) is 2. The Bertz CT molecular complexity index is 610. The standard InChI is InChI=1S/C17H23N3OS/c1-3-4-10-14(11-18)20-16(21)15-12(2)19-17(22-15)13-8-6-5-7-9-13/h5-9,14H,3-4,10-11,18H2,1-2H3,(H,20,21). The summed E-state index contributed by atoms with van der Waals surface area (Å²) in [5, 5.41) is 3.91. The van der Waals surface area contributed by atoms with E-state index in [4.69, 9.17) is 5.73 Å². The van der Waals surface area contributed by atoms with Gasteiger partial charge in [-0.3, -0.25) is 4.79 Å². The van der Waals surface area contributed by atoms with Crippen LogP contribution >= 0.6 is 11.3 Å². The van der Waals surface area contributed by atoms with Crippen molar-refractivity contribution in [3.05, 3.63) is 40.9 Å². The number of rotatable bonds is 7. The van der Waals surface area contributed by atoms with Crippen molar-refractivity contribution in [2.75, 3.05) is 6.54 Å². The summed E-state index contributed by atoms with van der Waals surface area (Å²) < 4.78 is 0. The number of benzene rings is 1. The fourth-order valence-corrected chi connectivity index (χ4v) is 3.24. The number of nitrogens with zero attached hydrogens (tertiary/aromatic N) is 1. The van der Waals surface area contributed by atoms with E-state index in [0.29, 0.717) is 11.4 Å². The molecule has 1 amide bonds. The van der Waals surface area contributed by atoms with E-state index in [0.717, 1.165) is 35.5 Å². The second kappa shape index (κ2) is 8.06. The number of aryl methyl sites for hydroxylation is 1. The maximum atomic E-state index is 12.4. The molecule has 3 N–H and O–H groups in total. The van der Waals surface area contributed by atoms with Gasteiger partial charge in [0.15, 0.2) is 0 Å². The van der Waals surface area contributed by atoms with Crippen LogP contribution in [0.25, 0.3) is 10.6 Å². The van der Waals surface area contributed by atoms with E-state index in [-0.39, 0.29) is 11.9 Å². The van der Waals surface area contributed by atoms with Crippen molar-refractivity contribution in [2.24, 2.45) is 5.73 Å². The Hall–Kier alpha value is -1.72. The monoisotopic (exact) mass is 317 g/mol. The Morgan fingerprint density at radius 2 is 2.09 bits per heavy atom. The number of unbranched alkanes of at least 4 members (excludes halogenated alkanes) is 1. The molecule has 2 aromatic rings. The van der Waals surface area contributed by atoms with Gasteiger partial charge in [-0.05, 0) is 13.3 Å². The molecule has 0 aliphatic rings. The minimum Gasteiger partial charge on any atom is -0.347 e. The van der Waals surface area contributed by atoms with Gasteiger partial charge < -0.3 is 11.1 Å². The van der Waals surface area contributed by atoms with Crippen LogP contribution < -0.4 is 11.1 Å². The van der Waals surface area contributed by atoms with Crippen molar-refractivity contribution in [3.63, 3.8) is 0 Å². The first-order valence-corrected chi connectivity index (χ1v) is 8.51. The summed E-state index contributed by atoms with van der Waals surface area (Å²) in [5.41, 5.74) is 7.56. The van der Waals surface area contributed by atoms with Gasteiger partial charge in [0.05, 0.1) is 5.69 Å². The van der Waals surface area contributed by atoms with E-state index >= 15 is 0 Å². The molecule has 118 valence electrons. The SMILES string of the molecule is CCCCC(CN)NC(=O)c1sc(-c2ccccc2)nc1C. The number of carbonyl (C=O) groups is 1. The van der Waals surface area contributed by atoms with E-state index in [1.807, 2.05) is 37.3 Å². The fraction of sp³-hybridized carbons (Fsp3) is 0.412. The molecule has 4 nitrogen and oxygen atoms in total. The van der Waals surface area contributed by atoms with E-state index in [2.05, 4.69) is 17.2 Å². The summed E-state index contributed by atoms with van der Waals surface area (Å²) in [6.07, 6.45) is 3.09. The van der Waals surface area contributed by atoms with E-state index < -0.39 is 0 Å². The molecule has 1 unspecified atom stereocenters. The number of carbonyl (C=O) groups excluding carboxylic acids is 1. The number of thiazole rings is 1. The molecule has 5 heteroatoms. The van der Waals surface area contributed by atoms with Crippen LogP contribution in [0.4, 0.5) is 0 Å². The van der Waals surface area contributed by atoms with Crippen LogP contribution in [0.2, 0.25) is 0 Å². The van der Waals surface area contributed by atoms with Crippen LogP contribution in [-0.4, -0.2) is 23.5 Å². The van der Waals surface area contributed by atoms with Gasteiger partial charge in [0.1, 0.15) is 9.88 Å². The average molecular weight is 317 g/mol. The number of hydrogen-bond acceptors (Lipinski definition) is 4. The van der Waals surface area contributed by atoms with E-state index in [1.54, 1.807) is 0 Å². The van der Waals surface area contributed by atoms with Crippen LogP contribution in [-0.2, 0) is 0 Å². The predicted octanol–water partition coefficient (Wildman–Crippen LogP) is 3.37. The summed E-state index contributed by atoms with van der Waals surface area (Å²) in [4.78, 5) is 17.6. The zero-order chi connectivity index (χ0) is 15.9. The van der Waals surface area contributed by atoms with Crippen LogP contribution in [0, 0.1) is 6.92 Å². The molecular weight excluding hydrogens is 294 g/mol. The Morgan fingerprint density at radius 3 is 2.73 bits per heavy atom. The molecule has 0 saturated heterocycles. The molecule has 1 atom stereocenters. The third-order valence-electron chi connectivity index (χ3n) is 3.55. The Kier molecular flexibility index (Phi) is 6.10. The minimum absolute atomic E-state index is 0.0362. The lowest BCUT2D eigenvalue weighted by atomic mass is 10.1. The highest BCUT2D eigenvalue weighted by atomic mass is 32.1. The normalized spacial score (nSPS) is 12.1. The fourth-order valence-electron chi connectivity index (χ4n) is 2.26. The Morgan fingerprint density at radius 1 is 1.36 bits per heavy atom. The largest absolute Gasteiger partial charge is 0.347 e. The second-order valence-corrected chi connectivity index (χ2v) is 6.35. The van der Waals surface area contributed by atoms with E-state index in [1.165, 1.54) is 11.3 Å². The molecule has 0 aliphatic carbocycles. The van der Waals surface area contributed by atoms with Crippen molar-refractivity contribution in [3.8, 4) is 10.6 Å². The topological polar surface area (TPSA) is 68.0 Å². The summed E-state index contributed by atoms with van der Waals surface area (Å²) in [6.45, 7) is 4.48. The first-order chi connectivity index (χ1) is 10.7. The molecular formula is C17H23N3OS. The van der Waals surface area contributed by atoms with Gasteiger partial charge in [-0.1, -0.05) is 50.1 Å². The molecule has 0 bridgehead atoms. The van der Waals surface area contributed by atoms with Crippen LogP contribution in [0.15, 0.2) is 30.3 Å². The zero-order valence-corrected chi connectivity index (χ0v) is 14.0. The number of nitrogens with one attached hydrogen (secondary N) is 1. The molecule has 0 saturated carbocycles. The van der Waals surface area contributed by atoms with Crippen molar-refractivity contribution < 1.29 is 4.79 Å². The van der Waals surface area contributed by atoms with Crippen LogP contribution in [0.5, 0.6) is 0 Å². The van der Waals surface area contributed by atoms with Crippen LogP contribution in [0.3, 0.4) is 0 Å². The second-order valence-electron chi connectivity index (χ2n) is 5.35. The van der Waals surface area contributed by atoms with Crippen molar-refractivity contribution in [1.29, 1.82) is 0 Å². The maximum Gasteiger partial charge on any atom is 0.263 e. The lowest BCUT2D eigenvalue weighted by molar-refractivity contribution is 0.0939.